The highest BCUT2D eigenvalue weighted by atomic mass is 35.5. The molecule has 0 unspecified atom stereocenters. The molecule has 0 aliphatic carbocycles. The molecule has 0 fully saturated rings. The topological polar surface area (TPSA) is 39.4 Å². The Morgan fingerprint density at radius 1 is 1.29 bits per heavy atom. The number of Topliss-reactive ketones (excluding diaryl/α,β-unsaturated/α-hetero) is 1. The molecule has 4 heteroatoms. The fraction of sp³-hybridized carbons (Fsp3) is 0.154. The molecule has 0 aliphatic rings. The molecule has 0 atom stereocenters. The van der Waals surface area contributed by atoms with Crippen molar-refractivity contribution < 1.29 is 13.9 Å². The van der Waals surface area contributed by atoms with E-state index in [0.717, 1.165) is 5.56 Å². The van der Waals surface area contributed by atoms with Gasteiger partial charge in [0.25, 0.3) is 0 Å². The van der Waals surface area contributed by atoms with Crippen LogP contribution in [0.1, 0.15) is 16.1 Å². The average molecular weight is 251 g/mol. The van der Waals surface area contributed by atoms with E-state index in [1.807, 2.05) is 24.3 Å². The summed E-state index contributed by atoms with van der Waals surface area (Å²) in [5, 5.41) is 0.216. The predicted molar refractivity (Wildman–Crippen MR) is 64.7 cm³/mol. The van der Waals surface area contributed by atoms with Crippen LogP contribution in [0.25, 0.3) is 0 Å². The number of hydrogen-bond donors (Lipinski definition) is 0. The summed E-state index contributed by atoms with van der Waals surface area (Å²) in [6, 6.07) is 10.5. The van der Waals surface area contributed by atoms with Gasteiger partial charge in [0.1, 0.15) is 5.75 Å². The van der Waals surface area contributed by atoms with E-state index in [1.54, 1.807) is 19.2 Å². The van der Waals surface area contributed by atoms with Crippen molar-refractivity contribution in [2.24, 2.45) is 0 Å². The largest absolute Gasteiger partial charge is 0.496 e. The molecule has 1 aromatic heterocycles. The first-order valence-electron chi connectivity index (χ1n) is 5.11. The Balaban J connectivity index is 2.18. The maximum Gasteiger partial charge on any atom is 0.202 e. The van der Waals surface area contributed by atoms with E-state index in [9.17, 15) is 4.79 Å². The summed E-state index contributed by atoms with van der Waals surface area (Å²) in [7, 11) is 1.58. The van der Waals surface area contributed by atoms with Gasteiger partial charge in [-0.2, -0.15) is 0 Å². The van der Waals surface area contributed by atoms with Gasteiger partial charge in [-0.25, -0.2) is 0 Å². The van der Waals surface area contributed by atoms with E-state index in [1.165, 1.54) is 0 Å². The first-order valence-corrected chi connectivity index (χ1v) is 5.49. The molecule has 0 saturated carbocycles. The molecule has 1 aromatic carbocycles. The lowest BCUT2D eigenvalue weighted by atomic mass is 10.1. The third kappa shape index (κ3) is 2.68. The molecule has 3 nitrogen and oxygen atoms in total. The molecule has 2 aromatic rings. The summed E-state index contributed by atoms with van der Waals surface area (Å²) in [5.41, 5.74) is 0.826. The van der Waals surface area contributed by atoms with Crippen molar-refractivity contribution >= 4 is 17.4 Å². The molecule has 0 spiro atoms. The van der Waals surface area contributed by atoms with Crippen LogP contribution in [-0.4, -0.2) is 12.9 Å². The van der Waals surface area contributed by atoms with Crippen LogP contribution in [-0.2, 0) is 6.42 Å². The lowest BCUT2D eigenvalue weighted by molar-refractivity contribution is 0.0965. The number of ketones is 1. The number of hydrogen-bond acceptors (Lipinski definition) is 3. The van der Waals surface area contributed by atoms with Gasteiger partial charge in [0.15, 0.2) is 11.0 Å². The van der Waals surface area contributed by atoms with E-state index >= 15 is 0 Å². The number of rotatable bonds is 4. The average Bonchev–Trinajstić information content (AvgIpc) is 2.77. The summed E-state index contributed by atoms with van der Waals surface area (Å²) < 4.78 is 10.2. The predicted octanol–water partition coefficient (Wildman–Crippen LogP) is 3.37. The van der Waals surface area contributed by atoms with Gasteiger partial charge in [-0.3, -0.25) is 4.79 Å². The Morgan fingerprint density at radius 3 is 2.71 bits per heavy atom. The SMILES string of the molecule is COc1ccccc1CC(=O)c1ccc(Cl)o1. The van der Waals surface area contributed by atoms with E-state index < -0.39 is 0 Å². The first kappa shape index (κ1) is 11.7. The number of furan rings is 1. The van der Waals surface area contributed by atoms with Crippen LogP contribution in [0.3, 0.4) is 0 Å². The number of halogens is 1. The van der Waals surface area contributed by atoms with Crippen molar-refractivity contribution in [3.8, 4) is 5.75 Å². The summed E-state index contributed by atoms with van der Waals surface area (Å²) in [6.45, 7) is 0. The van der Waals surface area contributed by atoms with Gasteiger partial charge in [0.2, 0.25) is 5.78 Å². The minimum Gasteiger partial charge on any atom is -0.496 e. The molecule has 0 saturated heterocycles. The highest BCUT2D eigenvalue weighted by Gasteiger charge is 2.13. The summed E-state index contributed by atoms with van der Waals surface area (Å²) in [6.07, 6.45) is 0.230. The van der Waals surface area contributed by atoms with Gasteiger partial charge >= 0.3 is 0 Å². The minimum absolute atomic E-state index is 0.124. The maximum atomic E-state index is 11.9. The van der Waals surface area contributed by atoms with Gasteiger partial charge in [-0.05, 0) is 29.8 Å². The fourth-order valence-corrected chi connectivity index (χ4v) is 1.72. The number of carbonyl (C=O) groups excluding carboxylic acids is 1. The molecule has 1 heterocycles. The Kier molecular flexibility index (Phi) is 3.49. The van der Waals surface area contributed by atoms with Crippen molar-refractivity contribution in [2.75, 3.05) is 7.11 Å². The normalized spacial score (nSPS) is 10.2. The molecule has 88 valence electrons. The monoisotopic (exact) mass is 250 g/mol. The Bertz CT molecular complexity index is 531. The summed E-state index contributed by atoms with van der Waals surface area (Å²) in [4.78, 5) is 11.9. The second kappa shape index (κ2) is 5.06. The smallest absolute Gasteiger partial charge is 0.202 e. The zero-order valence-electron chi connectivity index (χ0n) is 9.27. The van der Waals surface area contributed by atoms with Gasteiger partial charge in [-0.1, -0.05) is 18.2 Å². The second-order valence-corrected chi connectivity index (χ2v) is 3.89. The Hall–Kier alpha value is -1.74. The Labute approximate surface area is 104 Å². The van der Waals surface area contributed by atoms with Crippen LogP contribution < -0.4 is 4.74 Å². The molecular formula is C13H11ClO3. The van der Waals surface area contributed by atoms with E-state index in [-0.39, 0.29) is 23.2 Å². The van der Waals surface area contributed by atoms with Crippen LogP contribution in [0.2, 0.25) is 5.22 Å². The van der Waals surface area contributed by atoms with Crippen molar-refractivity contribution in [3.63, 3.8) is 0 Å². The van der Waals surface area contributed by atoms with Crippen LogP contribution in [0.5, 0.6) is 5.75 Å². The molecule has 0 bridgehead atoms. The fourth-order valence-electron chi connectivity index (χ4n) is 1.57. The van der Waals surface area contributed by atoms with Gasteiger partial charge in [0.05, 0.1) is 7.11 Å². The van der Waals surface area contributed by atoms with Crippen molar-refractivity contribution in [1.29, 1.82) is 0 Å². The highest BCUT2D eigenvalue weighted by molar-refractivity contribution is 6.29. The first-order chi connectivity index (χ1) is 8.20. The second-order valence-electron chi connectivity index (χ2n) is 3.52. The zero-order chi connectivity index (χ0) is 12.3. The highest BCUT2D eigenvalue weighted by Crippen LogP contribution is 2.21. The van der Waals surface area contributed by atoms with Crippen LogP contribution in [0.4, 0.5) is 0 Å². The van der Waals surface area contributed by atoms with E-state index in [4.69, 9.17) is 20.8 Å². The van der Waals surface area contributed by atoms with Gasteiger partial charge < -0.3 is 9.15 Å². The molecule has 0 aliphatic heterocycles. The van der Waals surface area contributed by atoms with Crippen molar-refractivity contribution in [1.82, 2.24) is 0 Å². The molecule has 0 amide bonds. The number of ether oxygens (including phenoxy) is 1. The number of carbonyl (C=O) groups is 1. The summed E-state index contributed by atoms with van der Waals surface area (Å²) in [5.74, 6) is 0.834. The van der Waals surface area contributed by atoms with E-state index in [0.29, 0.717) is 5.75 Å². The van der Waals surface area contributed by atoms with Crippen LogP contribution in [0.15, 0.2) is 40.8 Å². The van der Waals surface area contributed by atoms with E-state index in [2.05, 4.69) is 0 Å². The van der Waals surface area contributed by atoms with Crippen LogP contribution in [0, 0.1) is 0 Å². The van der Waals surface area contributed by atoms with Gasteiger partial charge in [0, 0.05) is 12.0 Å². The standard InChI is InChI=1S/C13H11ClO3/c1-16-11-5-3-2-4-9(11)8-10(15)12-6-7-13(14)17-12/h2-7H,8H2,1H3. The lowest BCUT2D eigenvalue weighted by Gasteiger charge is -2.06. The Morgan fingerprint density at radius 2 is 2.06 bits per heavy atom. The van der Waals surface area contributed by atoms with Gasteiger partial charge in [-0.15, -0.1) is 0 Å². The molecule has 17 heavy (non-hydrogen) atoms. The minimum atomic E-state index is -0.124. The molecule has 0 N–H and O–H groups in total. The third-order valence-electron chi connectivity index (χ3n) is 2.39. The lowest BCUT2D eigenvalue weighted by Crippen LogP contribution is -2.03. The third-order valence-corrected chi connectivity index (χ3v) is 2.59. The zero-order valence-corrected chi connectivity index (χ0v) is 10.0. The quantitative estimate of drug-likeness (QED) is 0.781. The number of benzene rings is 1. The molecule has 0 radical (unpaired) electrons. The number of para-hydroxylation sites is 1. The maximum absolute atomic E-state index is 11.9. The van der Waals surface area contributed by atoms with Crippen molar-refractivity contribution in [2.45, 2.75) is 6.42 Å². The molecule has 2 rings (SSSR count). The summed E-state index contributed by atoms with van der Waals surface area (Å²) >= 11 is 5.62. The van der Waals surface area contributed by atoms with Crippen molar-refractivity contribution in [3.05, 3.63) is 52.9 Å². The number of methoxy groups -OCH3 is 1. The molecular weight excluding hydrogens is 240 g/mol. The van der Waals surface area contributed by atoms with Crippen LogP contribution >= 0.6 is 11.6 Å².